The quantitative estimate of drug-likeness (QED) is 0.489. The molecule has 0 spiro atoms. The van der Waals surface area contributed by atoms with E-state index in [2.05, 4.69) is 10.5 Å². The Hall–Kier alpha value is -1.80. The maximum absolute atomic E-state index is 10.9. The summed E-state index contributed by atoms with van der Waals surface area (Å²) in [5, 5.41) is 12.0. The van der Waals surface area contributed by atoms with Crippen LogP contribution in [0.25, 0.3) is 0 Å². The van der Waals surface area contributed by atoms with E-state index < -0.39 is 5.91 Å². The number of carbonyl (C=O) groups excluding carboxylic acids is 1. The molecule has 0 aromatic heterocycles. The van der Waals surface area contributed by atoms with Gasteiger partial charge in [0.1, 0.15) is 6.42 Å². The molecule has 0 unspecified atom stereocenters. The molecule has 0 atom stereocenters. The summed E-state index contributed by atoms with van der Waals surface area (Å²) in [4.78, 5) is 12.1. The zero-order valence-corrected chi connectivity index (χ0v) is 9.62. The van der Waals surface area contributed by atoms with Gasteiger partial charge in [0.25, 0.3) is 5.91 Å². The fraction of sp³-hybridized carbons (Fsp3) is 0.182. The Labute approximate surface area is 98.3 Å². The van der Waals surface area contributed by atoms with Crippen molar-refractivity contribution in [3.05, 3.63) is 29.8 Å². The standard InChI is InChI=1S/C11H11N3OS/c1-16-10-4-2-9(3-5-10)8-13-14-11(15)6-7-12/h2-5,8H,6H2,1H3,(H,14,15)/b13-8-. The van der Waals surface area contributed by atoms with E-state index in [9.17, 15) is 4.79 Å². The summed E-state index contributed by atoms with van der Waals surface area (Å²) in [7, 11) is 0. The number of nitrogens with zero attached hydrogens (tertiary/aromatic N) is 2. The zero-order chi connectivity index (χ0) is 11.8. The van der Waals surface area contributed by atoms with Gasteiger partial charge in [0.2, 0.25) is 0 Å². The Kier molecular flexibility index (Phi) is 5.09. The van der Waals surface area contributed by atoms with Gasteiger partial charge < -0.3 is 0 Å². The minimum absolute atomic E-state index is 0.178. The lowest BCUT2D eigenvalue weighted by Crippen LogP contribution is -2.16. The molecule has 1 amide bonds. The highest BCUT2D eigenvalue weighted by Crippen LogP contribution is 2.13. The van der Waals surface area contributed by atoms with Crippen LogP contribution in [0.2, 0.25) is 0 Å². The molecule has 0 heterocycles. The zero-order valence-electron chi connectivity index (χ0n) is 8.80. The molecule has 0 aliphatic rings. The number of carbonyl (C=O) groups is 1. The lowest BCUT2D eigenvalue weighted by molar-refractivity contribution is -0.120. The first kappa shape index (κ1) is 12.3. The Bertz CT molecular complexity index is 420. The van der Waals surface area contributed by atoms with Gasteiger partial charge in [-0.25, -0.2) is 5.43 Å². The number of nitrogens with one attached hydrogen (secondary N) is 1. The average molecular weight is 233 g/mol. The molecule has 16 heavy (non-hydrogen) atoms. The molecule has 0 radical (unpaired) electrons. The predicted octanol–water partition coefficient (Wildman–Crippen LogP) is 1.77. The normalized spacial score (nSPS) is 10.0. The van der Waals surface area contributed by atoms with Crippen LogP contribution in [0.1, 0.15) is 12.0 Å². The van der Waals surface area contributed by atoms with Gasteiger partial charge in [-0.3, -0.25) is 4.79 Å². The molecule has 82 valence electrons. The highest BCUT2D eigenvalue weighted by molar-refractivity contribution is 7.98. The van der Waals surface area contributed by atoms with E-state index in [0.29, 0.717) is 0 Å². The molecular formula is C11H11N3OS. The topological polar surface area (TPSA) is 65.2 Å². The monoisotopic (exact) mass is 233 g/mol. The largest absolute Gasteiger partial charge is 0.272 e. The number of benzene rings is 1. The first-order valence-corrected chi connectivity index (χ1v) is 5.81. The van der Waals surface area contributed by atoms with Crippen molar-refractivity contribution in [2.45, 2.75) is 11.3 Å². The van der Waals surface area contributed by atoms with Crippen LogP contribution >= 0.6 is 11.8 Å². The third kappa shape index (κ3) is 4.15. The Balaban J connectivity index is 2.50. The molecule has 1 N–H and O–H groups in total. The highest BCUT2D eigenvalue weighted by Gasteiger charge is 1.95. The second-order valence-electron chi connectivity index (χ2n) is 2.90. The summed E-state index contributed by atoms with van der Waals surface area (Å²) >= 11 is 1.66. The van der Waals surface area contributed by atoms with Crippen LogP contribution in [0.15, 0.2) is 34.3 Å². The second kappa shape index (κ2) is 6.64. The summed E-state index contributed by atoms with van der Waals surface area (Å²) in [6.45, 7) is 0. The summed E-state index contributed by atoms with van der Waals surface area (Å²) in [5.41, 5.74) is 3.16. The van der Waals surface area contributed by atoms with Gasteiger partial charge in [-0.2, -0.15) is 10.4 Å². The molecule has 5 heteroatoms. The maximum Gasteiger partial charge on any atom is 0.254 e. The molecule has 0 aliphatic carbocycles. The summed E-state index contributed by atoms with van der Waals surface area (Å²) in [5.74, 6) is -0.403. The van der Waals surface area contributed by atoms with Gasteiger partial charge in [0.15, 0.2) is 0 Å². The lowest BCUT2D eigenvalue weighted by Gasteiger charge is -1.97. The number of rotatable bonds is 4. The van der Waals surface area contributed by atoms with Crippen molar-refractivity contribution in [1.29, 1.82) is 5.26 Å². The Morgan fingerprint density at radius 1 is 1.56 bits per heavy atom. The van der Waals surface area contributed by atoms with Gasteiger partial charge in [-0.05, 0) is 24.0 Å². The molecule has 0 saturated heterocycles. The molecule has 1 aromatic rings. The molecule has 1 rings (SSSR count). The van der Waals surface area contributed by atoms with Crippen molar-refractivity contribution >= 4 is 23.9 Å². The first-order chi connectivity index (χ1) is 7.76. The van der Waals surface area contributed by atoms with Crippen LogP contribution in [0.4, 0.5) is 0 Å². The highest BCUT2D eigenvalue weighted by atomic mass is 32.2. The fourth-order valence-corrected chi connectivity index (χ4v) is 1.39. The van der Waals surface area contributed by atoms with Crippen molar-refractivity contribution in [2.75, 3.05) is 6.26 Å². The van der Waals surface area contributed by atoms with Crippen LogP contribution in [-0.2, 0) is 4.79 Å². The number of nitriles is 1. The van der Waals surface area contributed by atoms with Gasteiger partial charge in [0, 0.05) is 4.90 Å². The Morgan fingerprint density at radius 3 is 2.81 bits per heavy atom. The number of amides is 1. The predicted molar refractivity (Wildman–Crippen MR) is 64.2 cm³/mol. The number of hydrogen-bond acceptors (Lipinski definition) is 4. The molecule has 0 saturated carbocycles. The minimum atomic E-state index is -0.403. The molecule has 0 bridgehead atoms. The van der Waals surface area contributed by atoms with Crippen LogP contribution < -0.4 is 5.43 Å². The van der Waals surface area contributed by atoms with Gasteiger partial charge in [-0.15, -0.1) is 11.8 Å². The third-order valence-electron chi connectivity index (χ3n) is 1.76. The fourth-order valence-electron chi connectivity index (χ4n) is 0.980. The minimum Gasteiger partial charge on any atom is -0.272 e. The van der Waals surface area contributed by atoms with Gasteiger partial charge in [0.05, 0.1) is 12.3 Å². The van der Waals surface area contributed by atoms with Crippen molar-refractivity contribution in [2.24, 2.45) is 5.10 Å². The molecule has 0 aliphatic heterocycles. The summed E-state index contributed by atoms with van der Waals surface area (Å²) < 4.78 is 0. The number of thioether (sulfide) groups is 1. The van der Waals surface area contributed by atoms with E-state index in [4.69, 9.17) is 5.26 Å². The van der Waals surface area contributed by atoms with Crippen molar-refractivity contribution in [3.8, 4) is 6.07 Å². The van der Waals surface area contributed by atoms with Gasteiger partial charge in [-0.1, -0.05) is 12.1 Å². The van der Waals surface area contributed by atoms with E-state index >= 15 is 0 Å². The van der Waals surface area contributed by atoms with Crippen LogP contribution in [0.3, 0.4) is 0 Å². The number of hydrazone groups is 1. The Morgan fingerprint density at radius 2 is 2.25 bits per heavy atom. The van der Waals surface area contributed by atoms with Crippen molar-refractivity contribution in [3.63, 3.8) is 0 Å². The summed E-state index contributed by atoms with van der Waals surface area (Å²) in [6, 6.07) is 9.51. The van der Waals surface area contributed by atoms with Gasteiger partial charge >= 0.3 is 0 Å². The molecule has 1 aromatic carbocycles. The lowest BCUT2D eigenvalue weighted by atomic mass is 10.2. The number of hydrogen-bond donors (Lipinski definition) is 1. The smallest absolute Gasteiger partial charge is 0.254 e. The third-order valence-corrected chi connectivity index (χ3v) is 2.50. The maximum atomic E-state index is 10.9. The molecular weight excluding hydrogens is 222 g/mol. The van der Waals surface area contributed by atoms with E-state index in [1.807, 2.05) is 30.5 Å². The van der Waals surface area contributed by atoms with E-state index in [1.165, 1.54) is 4.90 Å². The average Bonchev–Trinajstić information content (AvgIpc) is 2.30. The summed E-state index contributed by atoms with van der Waals surface area (Å²) in [6.07, 6.45) is 3.37. The first-order valence-electron chi connectivity index (χ1n) is 4.59. The van der Waals surface area contributed by atoms with Crippen LogP contribution in [-0.4, -0.2) is 18.4 Å². The SMILES string of the molecule is CSc1ccc(/C=N\NC(=O)CC#N)cc1. The molecule has 4 nitrogen and oxygen atoms in total. The van der Waals surface area contributed by atoms with E-state index in [1.54, 1.807) is 24.0 Å². The van der Waals surface area contributed by atoms with E-state index in [0.717, 1.165) is 5.56 Å². The second-order valence-corrected chi connectivity index (χ2v) is 3.78. The van der Waals surface area contributed by atoms with Crippen molar-refractivity contribution in [1.82, 2.24) is 5.43 Å². The van der Waals surface area contributed by atoms with Crippen LogP contribution in [0.5, 0.6) is 0 Å². The van der Waals surface area contributed by atoms with Crippen molar-refractivity contribution < 1.29 is 4.79 Å². The molecule has 0 fully saturated rings. The van der Waals surface area contributed by atoms with Crippen LogP contribution in [0, 0.1) is 11.3 Å². The van der Waals surface area contributed by atoms with E-state index in [-0.39, 0.29) is 6.42 Å².